The molecule has 0 fully saturated rings. The molecule has 23 heavy (non-hydrogen) atoms. The fraction of sp³-hybridized carbons (Fsp3) is 0.125. The van der Waals surface area contributed by atoms with Gasteiger partial charge in [0.25, 0.3) is 5.69 Å². The lowest BCUT2D eigenvalue weighted by Gasteiger charge is -1.95. The highest BCUT2D eigenvalue weighted by molar-refractivity contribution is 8.01. The average Bonchev–Trinajstić information content (AvgIpc) is 2.95. The van der Waals surface area contributed by atoms with E-state index in [-0.39, 0.29) is 5.69 Å². The Kier molecular flexibility index (Phi) is 4.68. The molecule has 0 unspecified atom stereocenters. The van der Waals surface area contributed by atoms with E-state index in [2.05, 4.69) is 16.9 Å². The summed E-state index contributed by atoms with van der Waals surface area (Å²) in [7, 11) is 0. The van der Waals surface area contributed by atoms with E-state index in [1.54, 1.807) is 41.4 Å². The molecule has 0 saturated heterocycles. The molecule has 3 rings (SSSR count). The Morgan fingerprint density at radius 1 is 1.30 bits per heavy atom. The zero-order valence-corrected chi connectivity index (χ0v) is 13.9. The number of nitro groups is 1. The van der Waals surface area contributed by atoms with E-state index in [1.165, 1.54) is 12.1 Å². The molecule has 116 valence electrons. The van der Waals surface area contributed by atoms with Gasteiger partial charge < -0.3 is 0 Å². The Morgan fingerprint density at radius 3 is 2.78 bits per heavy atom. The molecule has 7 heteroatoms. The Hall–Kier alpha value is -2.25. The fourth-order valence-corrected chi connectivity index (χ4v) is 3.99. The van der Waals surface area contributed by atoms with Gasteiger partial charge in [0.2, 0.25) is 0 Å². The molecule has 0 atom stereocenters. The van der Waals surface area contributed by atoms with E-state index in [0.717, 1.165) is 31.6 Å². The quantitative estimate of drug-likeness (QED) is 0.281. The van der Waals surface area contributed by atoms with Gasteiger partial charge in [0, 0.05) is 18.3 Å². The number of aliphatic imine (C=N–C) groups is 1. The molecule has 3 aromatic rings. The number of thiazole rings is 1. The molecule has 0 N–H and O–H groups in total. The Morgan fingerprint density at radius 2 is 2.09 bits per heavy atom. The third-order valence-electron chi connectivity index (χ3n) is 3.09. The maximum Gasteiger partial charge on any atom is 0.269 e. The number of thioether (sulfide) groups is 1. The molecule has 0 aliphatic heterocycles. The lowest BCUT2D eigenvalue weighted by Crippen LogP contribution is -1.88. The first kappa shape index (κ1) is 15.6. The first-order chi connectivity index (χ1) is 11.2. The van der Waals surface area contributed by atoms with Gasteiger partial charge in [-0.25, -0.2) is 4.98 Å². The Labute approximate surface area is 141 Å². The van der Waals surface area contributed by atoms with Gasteiger partial charge in [0.05, 0.1) is 20.8 Å². The maximum atomic E-state index is 10.6. The van der Waals surface area contributed by atoms with Crippen LogP contribution in [0.4, 0.5) is 11.4 Å². The summed E-state index contributed by atoms with van der Waals surface area (Å²) in [5.41, 5.74) is 2.73. The van der Waals surface area contributed by atoms with Crippen molar-refractivity contribution < 1.29 is 4.92 Å². The van der Waals surface area contributed by atoms with Crippen molar-refractivity contribution >= 4 is 50.9 Å². The summed E-state index contributed by atoms with van der Waals surface area (Å²) in [5, 5.41) is 10.6. The minimum atomic E-state index is -0.412. The topological polar surface area (TPSA) is 68.4 Å². The van der Waals surface area contributed by atoms with E-state index in [9.17, 15) is 10.1 Å². The highest BCUT2D eigenvalue weighted by Gasteiger charge is 2.05. The average molecular weight is 343 g/mol. The second kappa shape index (κ2) is 6.89. The van der Waals surface area contributed by atoms with E-state index >= 15 is 0 Å². The van der Waals surface area contributed by atoms with Crippen molar-refractivity contribution in [2.75, 3.05) is 5.75 Å². The summed E-state index contributed by atoms with van der Waals surface area (Å²) in [4.78, 5) is 19.2. The number of hydrogen-bond donors (Lipinski definition) is 0. The van der Waals surface area contributed by atoms with Crippen molar-refractivity contribution in [2.45, 2.75) is 11.3 Å². The molecule has 1 aromatic heterocycles. The lowest BCUT2D eigenvalue weighted by molar-refractivity contribution is -0.384. The predicted octanol–water partition coefficient (Wildman–Crippen LogP) is 5.07. The summed E-state index contributed by atoms with van der Waals surface area (Å²) in [6, 6.07) is 12.2. The van der Waals surface area contributed by atoms with Crippen LogP contribution in [0.3, 0.4) is 0 Å². The van der Waals surface area contributed by atoms with Crippen LogP contribution in [-0.2, 0) is 0 Å². The van der Waals surface area contributed by atoms with Gasteiger partial charge in [-0.3, -0.25) is 15.1 Å². The standard InChI is InChI=1S/C16H13N3O2S2/c1-2-22-16-18-14-8-5-12(9-15(14)23-16)17-10-11-3-6-13(7-4-11)19(20)21/h3-10H,2H2,1H3. The molecule has 0 aliphatic rings. The van der Waals surface area contributed by atoms with Crippen molar-refractivity contribution in [3.8, 4) is 0 Å². The summed E-state index contributed by atoms with van der Waals surface area (Å²) in [6.45, 7) is 2.11. The molecule has 1 heterocycles. The van der Waals surface area contributed by atoms with Crippen LogP contribution in [-0.4, -0.2) is 21.9 Å². The third kappa shape index (κ3) is 3.75. The van der Waals surface area contributed by atoms with Crippen LogP contribution in [0.2, 0.25) is 0 Å². The second-order valence-corrected chi connectivity index (χ2v) is 7.21. The predicted molar refractivity (Wildman–Crippen MR) is 96.4 cm³/mol. The van der Waals surface area contributed by atoms with Crippen LogP contribution in [0.5, 0.6) is 0 Å². The molecule has 0 aliphatic carbocycles. The van der Waals surface area contributed by atoms with Gasteiger partial charge >= 0.3 is 0 Å². The number of fused-ring (bicyclic) bond motifs is 1. The van der Waals surface area contributed by atoms with Crippen molar-refractivity contribution in [1.29, 1.82) is 0 Å². The number of nitro benzene ring substituents is 1. The number of rotatable bonds is 5. The van der Waals surface area contributed by atoms with Gasteiger partial charge in [0.15, 0.2) is 4.34 Å². The molecule has 0 radical (unpaired) electrons. The zero-order chi connectivity index (χ0) is 16.2. The number of non-ortho nitro benzene ring substituents is 1. The van der Waals surface area contributed by atoms with Gasteiger partial charge in [-0.1, -0.05) is 18.7 Å². The minimum Gasteiger partial charge on any atom is -0.258 e. The van der Waals surface area contributed by atoms with Crippen molar-refractivity contribution in [3.05, 3.63) is 58.1 Å². The molecule has 5 nitrogen and oxygen atoms in total. The zero-order valence-electron chi connectivity index (χ0n) is 12.3. The lowest BCUT2D eigenvalue weighted by atomic mass is 10.2. The third-order valence-corrected chi connectivity index (χ3v) is 5.13. The molecule has 2 aromatic carbocycles. The monoisotopic (exact) mass is 343 g/mol. The van der Waals surface area contributed by atoms with Gasteiger partial charge in [-0.2, -0.15) is 0 Å². The maximum absolute atomic E-state index is 10.6. The van der Waals surface area contributed by atoms with Crippen LogP contribution in [0.15, 0.2) is 51.8 Å². The second-order valence-electron chi connectivity index (χ2n) is 4.67. The van der Waals surface area contributed by atoms with Gasteiger partial charge in [-0.15, -0.1) is 11.3 Å². The van der Waals surface area contributed by atoms with Crippen molar-refractivity contribution in [2.24, 2.45) is 4.99 Å². The van der Waals surface area contributed by atoms with E-state index < -0.39 is 4.92 Å². The largest absolute Gasteiger partial charge is 0.269 e. The highest BCUT2D eigenvalue weighted by atomic mass is 32.2. The Bertz CT molecular complexity index is 873. The Balaban J connectivity index is 1.81. The number of hydrogen-bond acceptors (Lipinski definition) is 6. The van der Waals surface area contributed by atoms with Crippen LogP contribution in [0.25, 0.3) is 10.2 Å². The number of benzene rings is 2. The SMILES string of the molecule is CCSc1nc2ccc(N=Cc3ccc([N+](=O)[O-])cc3)cc2s1. The number of aromatic nitrogens is 1. The van der Waals surface area contributed by atoms with E-state index in [4.69, 9.17) is 0 Å². The summed E-state index contributed by atoms with van der Waals surface area (Å²) in [6.07, 6.45) is 1.70. The summed E-state index contributed by atoms with van der Waals surface area (Å²) in [5.74, 6) is 1.00. The normalized spacial score (nSPS) is 11.3. The smallest absolute Gasteiger partial charge is 0.258 e. The summed E-state index contributed by atoms with van der Waals surface area (Å²) >= 11 is 3.40. The first-order valence-electron chi connectivity index (χ1n) is 6.97. The van der Waals surface area contributed by atoms with Crippen LogP contribution < -0.4 is 0 Å². The van der Waals surface area contributed by atoms with E-state index in [1.807, 2.05) is 18.2 Å². The molecule has 0 spiro atoms. The van der Waals surface area contributed by atoms with Crippen LogP contribution in [0, 0.1) is 10.1 Å². The number of nitrogens with zero attached hydrogens (tertiary/aromatic N) is 3. The summed E-state index contributed by atoms with van der Waals surface area (Å²) < 4.78 is 2.18. The molecule has 0 saturated carbocycles. The molecule has 0 bridgehead atoms. The van der Waals surface area contributed by atoms with Gasteiger partial charge in [0.1, 0.15) is 0 Å². The van der Waals surface area contributed by atoms with Gasteiger partial charge in [-0.05, 0) is 41.6 Å². The van der Waals surface area contributed by atoms with Crippen molar-refractivity contribution in [3.63, 3.8) is 0 Å². The van der Waals surface area contributed by atoms with Crippen LogP contribution in [0.1, 0.15) is 12.5 Å². The minimum absolute atomic E-state index is 0.0779. The molecule has 0 amide bonds. The fourth-order valence-electron chi connectivity index (χ4n) is 1.99. The first-order valence-corrected chi connectivity index (χ1v) is 8.78. The molecular formula is C16H13N3O2S2. The molecular weight excluding hydrogens is 330 g/mol. The van der Waals surface area contributed by atoms with Crippen molar-refractivity contribution in [1.82, 2.24) is 4.98 Å². The highest BCUT2D eigenvalue weighted by Crippen LogP contribution is 2.31. The van der Waals surface area contributed by atoms with Crippen LogP contribution >= 0.6 is 23.1 Å². The van der Waals surface area contributed by atoms with E-state index in [0.29, 0.717) is 0 Å².